The summed E-state index contributed by atoms with van der Waals surface area (Å²) in [6.07, 6.45) is 3.23. The van der Waals surface area contributed by atoms with Gasteiger partial charge in [-0.3, -0.25) is 4.79 Å². The van der Waals surface area contributed by atoms with Gasteiger partial charge in [-0.05, 0) is 38.3 Å². The van der Waals surface area contributed by atoms with E-state index in [1.807, 2.05) is 31.2 Å². The Morgan fingerprint density at radius 3 is 2.68 bits per heavy atom. The first-order valence-electron chi connectivity index (χ1n) is 6.87. The SMILES string of the molecule is CCNc1ccccc1C(=O)NCC1(OC)CCC1. The van der Waals surface area contributed by atoms with Crippen molar-refractivity contribution in [3.05, 3.63) is 29.8 Å². The molecule has 19 heavy (non-hydrogen) atoms. The second kappa shape index (κ2) is 6.06. The second-order valence-corrected chi connectivity index (χ2v) is 5.00. The van der Waals surface area contributed by atoms with Crippen LogP contribution in [0, 0.1) is 0 Å². The summed E-state index contributed by atoms with van der Waals surface area (Å²) in [4.78, 5) is 12.2. The van der Waals surface area contributed by atoms with E-state index in [0.717, 1.165) is 25.1 Å². The molecule has 1 aliphatic carbocycles. The molecule has 4 heteroatoms. The monoisotopic (exact) mass is 262 g/mol. The lowest BCUT2D eigenvalue weighted by Gasteiger charge is -2.40. The van der Waals surface area contributed by atoms with E-state index in [-0.39, 0.29) is 11.5 Å². The fourth-order valence-corrected chi connectivity index (χ4v) is 2.39. The number of hydrogen-bond donors (Lipinski definition) is 2. The number of amides is 1. The van der Waals surface area contributed by atoms with Gasteiger partial charge < -0.3 is 15.4 Å². The second-order valence-electron chi connectivity index (χ2n) is 5.00. The number of hydrogen-bond acceptors (Lipinski definition) is 3. The summed E-state index contributed by atoms with van der Waals surface area (Å²) in [7, 11) is 1.72. The molecule has 2 N–H and O–H groups in total. The Morgan fingerprint density at radius 1 is 1.37 bits per heavy atom. The van der Waals surface area contributed by atoms with Gasteiger partial charge in [0.1, 0.15) is 0 Å². The van der Waals surface area contributed by atoms with Crippen LogP contribution in [0.5, 0.6) is 0 Å². The van der Waals surface area contributed by atoms with Crippen LogP contribution in [-0.4, -0.2) is 31.7 Å². The van der Waals surface area contributed by atoms with E-state index in [9.17, 15) is 4.79 Å². The lowest BCUT2D eigenvalue weighted by molar-refractivity contribution is -0.0679. The van der Waals surface area contributed by atoms with Gasteiger partial charge in [0.05, 0.1) is 11.2 Å². The fourth-order valence-electron chi connectivity index (χ4n) is 2.39. The van der Waals surface area contributed by atoms with Crippen molar-refractivity contribution in [2.75, 3.05) is 25.5 Å². The molecule has 0 atom stereocenters. The topological polar surface area (TPSA) is 50.4 Å². The van der Waals surface area contributed by atoms with Crippen LogP contribution in [0.2, 0.25) is 0 Å². The summed E-state index contributed by atoms with van der Waals surface area (Å²) >= 11 is 0. The van der Waals surface area contributed by atoms with E-state index < -0.39 is 0 Å². The van der Waals surface area contributed by atoms with Crippen molar-refractivity contribution in [3.63, 3.8) is 0 Å². The molecule has 1 aromatic rings. The highest BCUT2D eigenvalue weighted by Gasteiger charge is 2.37. The summed E-state index contributed by atoms with van der Waals surface area (Å²) in [6, 6.07) is 7.57. The molecule has 4 nitrogen and oxygen atoms in total. The molecule has 1 aliphatic rings. The molecular formula is C15H22N2O2. The van der Waals surface area contributed by atoms with E-state index in [0.29, 0.717) is 12.1 Å². The van der Waals surface area contributed by atoms with E-state index >= 15 is 0 Å². The van der Waals surface area contributed by atoms with Crippen LogP contribution in [0.25, 0.3) is 0 Å². The van der Waals surface area contributed by atoms with Crippen molar-refractivity contribution in [2.24, 2.45) is 0 Å². The number of para-hydroxylation sites is 1. The maximum Gasteiger partial charge on any atom is 0.253 e. The Hall–Kier alpha value is -1.55. The van der Waals surface area contributed by atoms with Crippen LogP contribution in [0.15, 0.2) is 24.3 Å². The third-order valence-electron chi connectivity index (χ3n) is 3.81. The predicted octanol–water partition coefficient (Wildman–Crippen LogP) is 2.42. The van der Waals surface area contributed by atoms with Crippen LogP contribution < -0.4 is 10.6 Å². The first-order valence-corrected chi connectivity index (χ1v) is 6.87. The summed E-state index contributed by atoms with van der Waals surface area (Å²) in [5, 5.41) is 6.19. The maximum absolute atomic E-state index is 12.2. The Morgan fingerprint density at radius 2 is 2.11 bits per heavy atom. The number of nitrogens with one attached hydrogen (secondary N) is 2. The molecular weight excluding hydrogens is 240 g/mol. The van der Waals surface area contributed by atoms with Gasteiger partial charge >= 0.3 is 0 Å². The van der Waals surface area contributed by atoms with Gasteiger partial charge in [0.2, 0.25) is 0 Å². The van der Waals surface area contributed by atoms with Gasteiger partial charge in [0.15, 0.2) is 0 Å². The number of ether oxygens (including phenoxy) is 1. The Bertz CT molecular complexity index is 436. The van der Waals surface area contributed by atoms with Crippen LogP contribution >= 0.6 is 0 Å². The molecule has 104 valence electrons. The molecule has 0 aromatic heterocycles. The molecule has 0 aliphatic heterocycles. The normalized spacial score (nSPS) is 16.5. The van der Waals surface area contributed by atoms with Crippen molar-refractivity contribution in [2.45, 2.75) is 31.8 Å². The smallest absolute Gasteiger partial charge is 0.253 e. The van der Waals surface area contributed by atoms with Gasteiger partial charge in [-0.25, -0.2) is 0 Å². The molecule has 0 unspecified atom stereocenters. The minimum absolute atomic E-state index is 0.0418. The zero-order valence-corrected chi connectivity index (χ0v) is 11.7. The third kappa shape index (κ3) is 3.07. The summed E-state index contributed by atoms with van der Waals surface area (Å²) in [5.41, 5.74) is 1.43. The first-order chi connectivity index (χ1) is 9.21. The number of carbonyl (C=O) groups is 1. The molecule has 0 heterocycles. The van der Waals surface area contributed by atoms with Crippen LogP contribution in [0.3, 0.4) is 0 Å². The van der Waals surface area contributed by atoms with Gasteiger partial charge in [-0.1, -0.05) is 12.1 Å². The Balaban J connectivity index is 1.99. The van der Waals surface area contributed by atoms with Gasteiger partial charge in [0, 0.05) is 25.9 Å². The van der Waals surface area contributed by atoms with Crippen molar-refractivity contribution >= 4 is 11.6 Å². The van der Waals surface area contributed by atoms with Crippen molar-refractivity contribution in [1.82, 2.24) is 5.32 Å². The average molecular weight is 262 g/mol. The molecule has 1 fully saturated rings. The van der Waals surface area contributed by atoms with E-state index in [4.69, 9.17) is 4.74 Å². The number of rotatable bonds is 6. The fraction of sp³-hybridized carbons (Fsp3) is 0.533. The largest absolute Gasteiger partial charge is 0.385 e. The predicted molar refractivity (Wildman–Crippen MR) is 76.5 cm³/mol. The lowest BCUT2D eigenvalue weighted by Crippen LogP contribution is -2.49. The molecule has 0 saturated heterocycles. The number of anilines is 1. The molecule has 0 radical (unpaired) electrons. The summed E-state index contributed by atoms with van der Waals surface area (Å²) < 4.78 is 5.51. The zero-order valence-electron chi connectivity index (χ0n) is 11.7. The summed E-state index contributed by atoms with van der Waals surface area (Å²) in [6.45, 7) is 3.40. The van der Waals surface area contributed by atoms with Crippen LogP contribution in [0.4, 0.5) is 5.69 Å². The highest BCUT2D eigenvalue weighted by molar-refractivity contribution is 5.99. The van der Waals surface area contributed by atoms with Crippen molar-refractivity contribution < 1.29 is 9.53 Å². The maximum atomic E-state index is 12.2. The highest BCUT2D eigenvalue weighted by Crippen LogP contribution is 2.34. The van der Waals surface area contributed by atoms with Gasteiger partial charge in [-0.2, -0.15) is 0 Å². The van der Waals surface area contributed by atoms with E-state index in [1.165, 1.54) is 6.42 Å². The molecule has 0 spiro atoms. The van der Waals surface area contributed by atoms with Crippen molar-refractivity contribution in [1.29, 1.82) is 0 Å². The molecule has 1 aromatic carbocycles. The van der Waals surface area contributed by atoms with E-state index in [2.05, 4.69) is 10.6 Å². The average Bonchev–Trinajstić information content (AvgIpc) is 2.39. The summed E-state index contributed by atoms with van der Waals surface area (Å²) in [5.74, 6) is -0.0418. The molecule has 0 bridgehead atoms. The molecule has 1 amide bonds. The van der Waals surface area contributed by atoms with Crippen LogP contribution in [0.1, 0.15) is 36.5 Å². The molecule has 2 rings (SSSR count). The standard InChI is InChI=1S/C15H22N2O2/c1-3-16-13-8-5-4-7-12(13)14(18)17-11-15(19-2)9-6-10-15/h4-5,7-8,16H,3,6,9-11H2,1-2H3,(H,17,18). The minimum Gasteiger partial charge on any atom is -0.385 e. The van der Waals surface area contributed by atoms with Crippen molar-refractivity contribution in [3.8, 4) is 0 Å². The number of methoxy groups -OCH3 is 1. The van der Waals surface area contributed by atoms with E-state index in [1.54, 1.807) is 7.11 Å². The Kier molecular flexibility index (Phi) is 4.43. The third-order valence-corrected chi connectivity index (χ3v) is 3.81. The van der Waals surface area contributed by atoms with Crippen LogP contribution in [-0.2, 0) is 4.74 Å². The zero-order chi connectivity index (χ0) is 13.7. The number of carbonyl (C=O) groups excluding carboxylic acids is 1. The van der Waals surface area contributed by atoms with Gasteiger partial charge in [0.25, 0.3) is 5.91 Å². The molecule has 1 saturated carbocycles. The van der Waals surface area contributed by atoms with Gasteiger partial charge in [-0.15, -0.1) is 0 Å². The highest BCUT2D eigenvalue weighted by atomic mass is 16.5. The minimum atomic E-state index is -0.136. The quantitative estimate of drug-likeness (QED) is 0.827. The first kappa shape index (κ1) is 13.9. The Labute approximate surface area is 114 Å². The lowest BCUT2D eigenvalue weighted by atomic mass is 9.80. The number of benzene rings is 1.